The summed E-state index contributed by atoms with van der Waals surface area (Å²) in [6, 6.07) is 3.78. The number of carbonyl (C=O) groups excluding carboxylic acids is 1. The predicted octanol–water partition coefficient (Wildman–Crippen LogP) is 6.18. The van der Waals surface area contributed by atoms with Gasteiger partial charge >= 0.3 is 0 Å². The molecule has 1 aliphatic rings. The topological polar surface area (TPSA) is 44.8 Å². The van der Waals surface area contributed by atoms with Crippen molar-refractivity contribution in [3.8, 4) is 5.75 Å². The number of nitrogens with zero attached hydrogens (tertiary/aromatic N) is 2. The van der Waals surface area contributed by atoms with Crippen molar-refractivity contribution < 1.29 is 49.0 Å². The number of piperazine rings is 1. The van der Waals surface area contributed by atoms with Gasteiger partial charge in [-0.2, -0.15) is 8.78 Å². The minimum absolute atomic E-state index is 0.00878. The van der Waals surface area contributed by atoms with E-state index in [9.17, 15) is 44.3 Å². The fourth-order valence-corrected chi connectivity index (χ4v) is 4.37. The van der Waals surface area contributed by atoms with Crippen molar-refractivity contribution in [3.05, 3.63) is 81.1 Å². The van der Waals surface area contributed by atoms with Gasteiger partial charge in [0.2, 0.25) is 17.5 Å². The summed E-state index contributed by atoms with van der Waals surface area (Å²) in [5.74, 6) is -20.9. The zero-order chi connectivity index (χ0) is 28.8. The molecule has 1 fully saturated rings. The van der Waals surface area contributed by atoms with Crippen molar-refractivity contribution in [2.75, 3.05) is 48.4 Å². The fourth-order valence-electron chi connectivity index (χ4n) is 4.07. The number of methoxy groups -OCH3 is 1. The lowest BCUT2D eigenvalue weighted by Crippen LogP contribution is -2.47. The van der Waals surface area contributed by atoms with Gasteiger partial charge in [-0.3, -0.25) is 4.79 Å². The van der Waals surface area contributed by atoms with Gasteiger partial charge in [0, 0.05) is 31.9 Å². The van der Waals surface area contributed by atoms with Crippen LogP contribution in [0.2, 0.25) is 5.02 Å². The number of hydrogen-bond donors (Lipinski definition) is 1. The molecule has 0 atom stereocenters. The van der Waals surface area contributed by atoms with Crippen LogP contribution in [-0.2, 0) is 0 Å². The molecule has 0 saturated carbocycles. The third kappa shape index (κ3) is 4.88. The Morgan fingerprint density at radius 3 is 1.72 bits per heavy atom. The van der Waals surface area contributed by atoms with Crippen molar-refractivity contribution in [1.82, 2.24) is 0 Å². The summed E-state index contributed by atoms with van der Waals surface area (Å²) in [4.78, 5) is 15.0. The van der Waals surface area contributed by atoms with E-state index in [4.69, 9.17) is 11.6 Å². The average molecular weight is 584 g/mol. The normalized spacial score (nSPS) is 13.6. The molecular formula is C24H15ClF9N3O2. The Bertz CT molecular complexity index is 1420. The van der Waals surface area contributed by atoms with Crippen molar-refractivity contribution in [2.45, 2.75) is 0 Å². The molecule has 3 aromatic carbocycles. The number of amides is 1. The molecule has 1 aliphatic heterocycles. The number of anilines is 3. The highest BCUT2D eigenvalue weighted by Crippen LogP contribution is 2.34. The van der Waals surface area contributed by atoms with Gasteiger partial charge in [-0.25, -0.2) is 30.7 Å². The maximum atomic E-state index is 14.2. The molecule has 0 aromatic heterocycles. The Morgan fingerprint density at radius 1 is 0.744 bits per heavy atom. The van der Waals surface area contributed by atoms with Crippen molar-refractivity contribution in [3.63, 3.8) is 0 Å². The molecule has 0 aliphatic carbocycles. The molecule has 0 radical (unpaired) electrons. The quantitative estimate of drug-likeness (QED) is 0.221. The van der Waals surface area contributed by atoms with E-state index in [0.717, 1.165) is 18.1 Å². The van der Waals surface area contributed by atoms with Crippen LogP contribution in [0.3, 0.4) is 0 Å². The van der Waals surface area contributed by atoms with E-state index in [1.54, 1.807) is 4.90 Å². The van der Waals surface area contributed by atoms with Crippen LogP contribution < -0.4 is 19.9 Å². The second-order valence-corrected chi connectivity index (χ2v) is 8.58. The molecule has 1 amide bonds. The van der Waals surface area contributed by atoms with Gasteiger partial charge in [-0.05, 0) is 18.2 Å². The largest absolute Gasteiger partial charge is 0.491 e. The van der Waals surface area contributed by atoms with Gasteiger partial charge in [0.05, 0.1) is 17.8 Å². The smallest absolute Gasteiger partial charge is 0.261 e. The van der Waals surface area contributed by atoms with Gasteiger partial charge in [-0.15, -0.1) is 0 Å². The van der Waals surface area contributed by atoms with E-state index >= 15 is 0 Å². The molecule has 0 unspecified atom stereocenters. The fraction of sp³-hybridized carbons (Fsp3) is 0.208. The lowest BCUT2D eigenvalue weighted by atomic mass is 10.1. The zero-order valence-corrected chi connectivity index (χ0v) is 20.3. The number of halogens is 10. The highest BCUT2D eigenvalue weighted by Gasteiger charge is 2.32. The maximum absolute atomic E-state index is 14.2. The summed E-state index contributed by atoms with van der Waals surface area (Å²) >= 11 is 6.26. The van der Waals surface area contributed by atoms with Crippen LogP contribution in [0.5, 0.6) is 5.75 Å². The van der Waals surface area contributed by atoms with E-state index in [1.807, 2.05) is 0 Å². The Hall–Kier alpha value is -3.81. The first-order valence-corrected chi connectivity index (χ1v) is 11.3. The number of rotatable bonds is 5. The number of ether oxygens (including phenoxy) is 1. The van der Waals surface area contributed by atoms with Crippen LogP contribution >= 0.6 is 11.6 Å². The molecular weight excluding hydrogens is 569 g/mol. The highest BCUT2D eigenvalue weighted by molar-refractivity contribution is 6.33. The molecule has 1 N–H and O–H groups in total. The summed E-state index contributed by atoms with van der Waals surface area (Å²) in [6.45, 7) is -0.238. The summed E-state index contributed by atoms with van der Waals surface area (Å²) in [6.07, 6.45) is 0. The van der Waals surface area contributed by atoms with Crippen LogP contribution in [-0.4, -0.2) is 39.2 Å². The predicted molar refractivity (Wildman–Crippen MR) is 123 cm³/mol. The first-order chi connectivity index (χ1) is 18.4. The number of benzene rings is 3. The molecule has 0 spiro atoms. The maximum Gasteiger partial charge on any atom is 0.261 e. The van der Waals surface area contributed by atoms with Crippen LogP contribution in [0.25, 0.3) is 0 Å². The second-order valence-electron chi connectivity index (χ2n) is 8.18. The van der Waals surface area contributed by atoms with Gasteiger partial charge in [-0.1, -0.05) is 11.6 Å². The van der Waals surface area contributed by atoms with Gasteiger partial charge in [0.25, 0.3) is 5.91 Å². The second kappa shape index (κ2) is 10.8. The van der Waals surface area contributed by atoms with Gasteiger partial charge in [0.15, 0.2) is 40.7 Å². The van der Waals surface area contributed by atoms with Crippen LogP contribution in [0.4, 0.5) is 56.6 Å². The number of nitrogens with one attached hydrogen (secondary N) is 1. The van der Waals surface area contributed by atoms with Gasteiger partial charge in [0.1, 0.15) is 11.3 Å². The molecule has 3 aromatic rings. The van der Waals surface area contributed by atoms with Crippen LogP contribution in [0.1, 0.15) is 10.4 Å². The summed E-state index contributed by atoms with van der Waals surface area (Å²) < 4.78 is 129. The van der Waals surface area contributed by atoms with Crippen molar-refractivity contribution >= 4 is 34.6 Å². The third-order valence-electron chi connectivity index (χ3n) is 5.98. The SMILES string of the molecule is COc1c(F)c(F)c(C(=O)Nc2ccc(N3CCN(c4c(F)c(F)c(F)c(F)c4F)CC3)c(Cl)c2)c(F)c1F. The summed E-state index contributed by atoms with van der Waals surface area (Å²) in [5, 5.41) is 2.06. The molecule has 208 valence electrons. The first kappa shape index (κ1) is 28.2. The molecule has 1 heterocycles. The average Bonchev–Trinajstić information content (AvgIpc) is 2.91. The minimum Gasteiger partial charge on any atom is -0.491 e. The van der Waals surface area contributed by atoms with E-state index in [0.29, 0.717) is 5.69 Å². The van der Waals surface area contributed by atoms with Crippen LogP contribution in [0, 0.1) is 52.4 Å². The Balaban J connectivity index is 1.50. The van der Waals surface area contributed by atoms with E-state index < -0.39 is 75.3 Å². The summed E-state index contributed by atoms with van der Waals surface area (Å²) in [7, 11) is 0.780. The Kier molecular flexibility index (Phi) is 7.77. The van der Waals surface area contributed by atoms with Crippen molar-refractivity contribution in [1.29, 1.82) is 0 Å². The molecule has 1 saturated heterocycles. The van der Waals surface area contributed by atoms with Crippen LogP contribution in [0.15, 0.2) is 18.2 Å². The molecule has 0 bridgehead atoms. The highest BCUT2D eigenvalue weighted by atomic mass is 35.5. The van der Waals surface area contributed by atoms with E-state index in [2.05, 4.69) is 10.1 Å². The number of carbonyl (C=O) groups is 1. The standard InChI is InChI=1S/C24H15ClF9N3O2/c1-39-23-20(33)13(26)12(14(27)21(23)34)24(38)35-9-2-3-11(10(25)8-9)36-4-6-37(7-5-36)22-18(31)16(29)15(28)17(30)19(22)32/h2-3,8H,4-7H2,1H3,(H,35,38). The zero-order valence-electron chi connectivity index (χ0n) is 19.6. The lowest BCUT2D eigenvalue weighted by molar-refractivity contribution is 0.101. The van der Waals surface area contributed by atoms with E-state index in [1.165, 1.54) is 12.1 Å². The Labute approximate surface area is 219 Å². The summed E-state index contributed by atoms with van der Waals surface area (Å²) in [5.41, 5.74) is -2.36. The first-order valence-electron chi connectivity index (χ1n) is 10.9. The number of hydrogen-bond acceptors (Lipinski definition) is 4. The molecule has 15 heteroatoms. The molecule has 39 heavy (non-hydrogen) atoms. The minimum atomic E-state index is -2.26. The monoisotopic (exact) mass is 583 g/mol. The molecule has 4 rings (SSSR count). The third-order valence-corrected chi connectivity index (χ3v) is 6.29. The Morgan fingerprint density at radius 2 is 1.23 bits per heavy atom. The van der Waals surface area contributed by atoms with Gasteiger partial charge < -0.3 is 19.9 Å². The lowest BCUT2D eigenvalue weighted by Gasteiger charge is -2.38. The van der Waals surface area contributed by atoms with E-state index in [-0.39, 0.29) is 36.9 Å². The van der Waals surface area contributed by atoms with Crippen molar-refractivity contribution in [2.24, 2.45) is 0 Å². The molecule has 5 nitrogen and oxygen atoms in total.